The number of para-hydroxylation sites is 3. The normalized spacial score (nSPS) is 10.5. The lowest BCUT2D eigenvalue weighted by molar-refractivity contribution is -0.116. The van der Waals surface area contributed by atoms with Crippen molar-refractivity contribution in [1.82, 2.24) is 0 Å². The second-order valence-electron chi connectivity index (χ2n) is 5.17. The maximum atomic E-state index is 11.9. The van der Waals surface area contributed by atoms with Crippen LogP contribution in [0.2, 0.25) is 5.02 Å². The first-order valence-corrected chi connectivity index (χ1v) is 7.25. The van der Waals surface area contributed by atoms with Crippen LogP contribution >= 0.6 is 11.6 Å². The summed E-state index contributed by atoms with van der Waals surface area (Å²) in [6.07, 6.45) is 0.473. The highest BCUT2D eigenvalue weighted by atomic mass is 35.5. The summed E-state index contributed by atoms with van der Waals surface area (Å²) in [5.74, 6) is 1.41. The summed E-state index contributed by atoms with van der Waals surface area (Å²) in [6, 6.07) is 14.5. The average Bonchev–Trinajstić information content (AvgIpc) is 2.42. The number of ether oxygens (including phenoxy) is 1. The van der Waals surface area contributed by atoms with E-state index in [-0.39, 0.29) is 5.91 Å². The van der Waals surface area contributed by atoms with E-state index in [4.69, 9.17) is 16.3 Å². The predicted molar refractivity (Wildman–Crippen MR) is 86.1 cm³/mol. The Morgan fingerprint density at radius 1 is 1.10 bits per heavy atom. The zero-order valence-corrected chi connectivity index (χ0v) is 12.9. The molecule has 3 nitrogen and oxygen atoms in total. The third-order valence-electron chi connectivity index (χ3n) is 2.81. The van der Waals surface area contributed by atoms with E-state index in [9.17, 15) is 4.79 Å². The van der Waals surface area contributed by atoms with Crippen LogP contribution in [-0.2, 0) is 4.79 Å². The Bertz CT molecular complexity index is 626. The van der Waals surface area contributed by atoms with Gasteiger partial charge in [0.15, 0.2) is 5.75 Å². The molecule has 2 aromatic carbocycles. The Hall–Kier alpha value is -2.00. The van der Waals surface area contributed by atoms with Crippen molar-refractivity contribution in [3.63, 3.8) is 0 Å². The van der Waals surface area contributed by atoms with E-state index in [0.717, 1.165) is 0 Å². The van der Waals surface area contributed by atoms with Crippen LogP contribution in [0.1, 0.15) is 20.3 Å². The van der Waals surface area contributed by atoms with E-state index in [2.05, 4.69) is 5.32 Å². The van der Waals surface area contributed by atoms with Crippen molar-refractivity contribution in [2.75, 3.05) is 5.32 Å². The highest BCUT2D eigenvalue weighted by Gasteiger charge is 2.10. The van der Waals surface area contributed by atoms with Crippen molar-refractivity contribution < 1.29 is 9.53 Å². The molecule has 0 spiro atoms. The van der Waals surface area contributed by atoms with E-state index in [1.807, 2.05) is 44.2 Å². The van der Waals surface area contributed by atoms with Crippen LogP contribution < -0.4 is 10.1 Å². The van der Waals surface area contributed by atoms with Gasteiger partial charge in [-0.15, -0.1) is 0 Å². The third kappa shape index (κ3) is 4.50. The van der Waals surface area contributed by atoms with E-state index < -0.39 is 0 Å². The van der Waals surface area contributed by atoms with Crippen molar-refractivity contribution in [1.29, 1.82) is 0 Å². The van der Waals surface area contributed by atoms with Crippen molar-refractivity contribution in [2.45, 2.75) is 20.3 Å². The molecule has 2 rings (SSSR count). The lowest BCUT2D eigenvalue weighted by Gasteiger charge is -2.13. The highest BCUT2D eigenvalue weighted by Crippen LogP contribution is 2.33. The van der Waals surface area contributed by atoms with Gasteiger partial charge in [-0.25, -0.2) is 0 Å². The SMILES string of the molecule is CC(C)CC(=O)Nc1ccccc1Oc1ccccc1Cl. The van der Waals surface area contributed by atoms with Gasteiger partial charge in [0.1, 0.15) is 5.75 Å². The monoisotopic (exact) mass is 303 g/mol. The molecule has 0 aliphatic heterocycles. The topological polar surface area (TPSA) is 38.3 Å². The van der Waals surface area contributed by atoms with Crippen LogP contribution in [0.15, 0.2) is 48.5 Å². The molecular weight excluding hydrogens is 286 g/mol. The Labute approximate surface area is 129 Å². The zero-order valence-electron chi connectivity index (χ0n) is 12.1. The van der Waals surface area contributed by atoms with E-state index in [1.165, 1.54) is 0 Å². The molecule has 2 aromatic rings. The molecule has 4 heteroatoms. The minimum absolute atomic E-state index is 0.0276. The van der Waals surface area contributed by atoms with E-state index >= 15 is 0 Å². The van der Waals surface area contributed by atoms with Gasteiger partial charge in [-0.3, -0.25) is 4.79 Å². The van der Waals surface area contributed by atoms with Gasteiger partial charge in [0.2, 0.25) is 5.91 Å². The van der Waals surface area contributed by atoms with Gasteiger partial charge in [0.25, 0.3) is 0 Å². The molecule has 0 fully saturated rings. The van der Waals surface area contributed by atoms with Crippen molar-refractivity contribution in [3.8, 4) is 11.5 Å². The lowest BCUT2D eigenvalue weighted by Crippen LogP contribution is -2.14. The number of hydrogen-bond donors (Lipinski definition) is 1. The number of rotatable bonds is 5. The summed E-state index contributed by atoms with van der Waals surface area (Å²) in [6.45, 7) is 4.01. The van der Waals surface area contributed by atoms with E-state index in [1.54, 1.807) is 18.2 Å². The second kappa shape index (κ2) is 7.14. The van der Waals surface area contributed by atoms with Gasteiger partial charge in [-0.1, -0.05) is 49.7 Å². The van der Waals surface area contributed by atoms with Crippen LogP contribution in [0, 0.1) is 5.92 Å². The maximum absolute atomic E-state index is 11.9. The van der Waals surface area contributed by atoms with E-state index in [0.29, 0.717) is 34.5 Å². The number of hydrogen-bond acceptors (Lipinski definition) is 2. The Morgan fingerprint density at radius 3 is 2.38 bits per heavy atom. The molecule has 1 N–H and O–H groups in total. The van der Waals surface area contributed by atoms with Gasteiger partial charge in [0.05, 0.1) is 10.7 Å². The first kappa shape index (κ1) is 15.4. The van der Waals surface area contributed by atoms with Gasteiger partial charge in [-0.2, -0.15) is 0 Å². The summed E-state index contributed by atoms with van der Waals surface area (Å²) in [7, 11) is 0. The molecule has 0 aromatic heterocycles. The Balaban J connectivity index is 2.17. The molecule has 0 radical (unpaired) electrons. The van der Waals surface area contributed by atoms with Crippen LogP contribution in [-0.4, -0.2) is 5.91 Å². The number of carbonyl (C=O) groups excluding carboxylic acids is 1. The number of halogens is 1. The van der Waals surface area contributed by atoms with Crippen LogP contribution in [0.25, 0.3) is 0 Å². The van der Waals surface area contributed by atoms with Crippen molar-refractivity contribution in [3.05, 3.63) is 53.6 Å². The third-order valence-corrected chi connectivity index (χ3v) is 3.12. The summed E-state index contributed by atoms with van der Waals surface area (Å²) < 4.78 is 5.80. The van der Waals surface area contributed by atoms with Crippen LogP contribution in [0.4, 0.5) is 5.69 Å². The largest absolute Gasteiger partial charge is 0.454 e. The van der Waals surface area contributed by atoms with Gasteiger partial charge in [0, 0.05) is 6.42 Å². The molecule has 0 unspecified atom stereocenters. The number of anilines is 1. The first-order valence-electron chi connectivity index (χ1n) is 6.87. The minimum Gasteiger partial charge on any atom is -0.454 e. The number of amides is 1. The fourth-order valence-electron chi connectivity index (χ4n) is 1.88. The first-order chi connectivity index (χ1) is 10.1. The summed E-state index contributed by atoms with van der Waals surface area (Å²) >= 11 is 6.09. The molecular formula is C17H18ClNO2. The molecule has 110 valence electrons. The summed E-state index contributed by atoms with van der Waals surface area (Å²) in [4.78, 5) is 11.9. The molecule has 0 saturated heterocycles. The smallest absolute Gasteiger partial charge is 0.224 e. The standard InChI is InChI=1S/C17H18ClNO2/c1-12(2)11-17(20)19-14-8-4-6-10-16(14)21-15-9-5-3-7-13(15)18/h3-10,12H,11H2,1-2H3,(H,19,20). The van der Waals surface area contributed by atoms with Gasteiger partial charge in [-0.05, 0) is 30.2 Å². The Kier molecular flexibility index (Phi) is 5.23. The molecule has 0 heterocycles. The van der Waals surface area contributed by atoms with Gasteiger partial charge < -0.3 is 10.1 Å². The number of benzene rings is 2. The Morgan fingerprint density at radius 2 is 1.71 bits per heavy atom. The molecule has 0 saturated carbocycles. The quantitative estimate of drug-likeness (QED) is 0.833. The maximum Gasteiger partial charge on any atom is 0.224 e. The number of carbonyl (C=O) groups is 1. The molecule has 0 bridgehead atoms. The molecule has 0 aliphatic carbocycles. The molecule has 0 atom stereocenters. The molecule has 0 aliphatic rings. The summed E-state index contributed by atoms with van der Waals surface area (Å²) in [5.41, 5.74) is 0.642. The van der Waals surface area contributed by atoms with Crippen molar-refractivity contribution >= 4 is 23.2 Å². The van der Waals surface area contributed by atoms with Crippen LogP contribution in [0.3, 0.4) is 0 Å². The lowest BCUT2D eigenvalue weighted by atomic mass is 10.1. The molecule has 21 heavy (non-hydrogen) atoms. The second-order valence-corrected chi connectivity index (χ2v) is 5.58. The zero-order chi connectivity index (χ0) is 15.2. The average molecular weight is 304 g/mol. The van der Waals surface area contributed by atoms with Crippen molar-refractivity contribution in [2.24, 2.45) is 5.92 Å². The minimum atomic E-state index is -0.0276. The fourth-order valence-corrected chi connectivity index (χ4v) is 2.05. The number of nitrogens with one attached hydrogen (secondary N) is 1. The fraction of sp³-hybridized carbons (Fsp3) is 0.235. The highest BCUT2D eigenvalue weighted by molar-refractivity contribution is 6.32. The van der Waals surface area contributed by atoms with Crippen LogP contribution in [0.5, 0.6) is 11.5 Å². The predicted octanol–water partition coefficient (Wildman–Crippen LogP) is 5.12. The summed E-state index contributed by atoms with van der Waals surface area (Å²) in [5, 5.41) is 3.40. The molecule has 1 amide bonds. The van der Waals surface area contributed by atoms with Gasteiger partial charge >= 0.3 is 0 Å².